The van der Waals surface area contributed by atoms with Crippen molar-refractivity contribution >= 4 is 11.3 Å². The lowest BCUT2D eigenvalue weighted by atomic mass is 9.58. The maximum Gasteiger partial charge on any atom is 0.241 e. The maximum atomic E-state index is 10.3. The van der Waals surface area contributed by atoms with Crippen LogP contribution in [0.4, 0.5) is 0 Å². The summed E-state index contributed by atoms with van der Waals surface area (Å²) in [5.74, 6) is 1.31. The van der Waals surface area contributed by atoms with Crippen molar-refractivity contribution in [1.82, 2.24) is 15.0 Å². The van der Waals surface area contributed by atoms with Crippen LogP contribution in [0, 0.1) is 5.41 Å². The zero-order chi connectivity index (χ0) is 16.6. The monoisotopic (exact) mass is 349 g/mol. The highest BCUT2D eigenvalue weighted by molar-refractivity contribution is 7.08. The highest BCUT2D eigenvalue weighted by Gasteiger charge is 2.55. The molecule has 7 heteroatoms. The molecule has 1 saturated heterocycles. The van der Waals surface area contributed by atoms with Crippen molar-refractivity contribution in [2.45, 2.75) is 44.9 Å². The first-order valence-corrected chi connectivity index (χ1v) is 9.53. The summed E-state index contributed by atoms with van der Waals surface area (Å²) in [7, 11) is 0. The zero-order valence-corrected chi connectivity index (χ0v) is 14.7. The van der Waals surface area contributed by atoms with E-state index in [2.05, 4.69) is 15.0 Å². The SMILES string of the molecule is CCOC1CC(O)C12CCN(Cc1nc(-c3ccsc3)no1)CC2. The first-order chi connectivity index (χ1) is 11.7. The lowest BCUT2D eigenvalue weighted by molar-refractivity contribution is -0.210. The van der Waals surface area contributed by atoms with Crippen LogP contribution >= 0.6 is 11.3 Å². The van der Waals surface area contributed by atoms with Crippen molar-refractivity contribution in [3.63, 3.8) is 0 Å². The van der Waals surface area contributed by atoms with E-state index in [0.717, 1.165) is 44.5 Å². The van der Waals surface area contributed by atoms with Crippen LogP contribution < -0.4 is 0 Å². The fourth-order valence-corrected chi connectivity index (χ4v) is 4.60. The molecule has 1 spiro atoms. The van der Waals surface area contributed by atoms with Gasteiger partial charge in [-0.15, -0.1) is 0 Å². The standard InChI is InChI=1S/C17H23N3O3S/c1-2-22-14-9-13(21)17(14)4-6-20(7-5-17)10-15-18-16(19-23-15)12-3-8-24-11-12/h3,8,11,13-14,21H,2,4-7,9-10H2,1H3. The molecule has 3 heterocycles. The largest absolute Gasteiger partial charge is 0.392 e. The van der Waals surface area contributed by atoms with E-state index in [0.29, 0.717) is 18.3 Å². The summed E-state index contributed by atoms with van der Waals surface area (Å²) >= 11 is 1.62. The van der Waals surface area contributed by atoms with Gasteiger partial charge < -0.3 is 14.4 Å². The minimum absolute atomic E-state index is 0.0385. The molecule has 1 aliphatic heterocycles. The fraction of sp³-hybridized carbons (Fsp3) is 0.647. The van der Waals surface area contributed by atoms with E-state index >= 15 is 0 Å². The molecule has 1 aliphatic carbocycles. The number of ether oxygens (including phenoxy) is 1. The lowest BCUT2D eigenvalue weighted by Crippen LogP contribution is -2.62. The minimum Gasteiger partial charge on any atom is -0.392 e. The molecule has 0 bridgehead atoms. The Bertz CT molecular complexity index is 662. The number of rotatable bonds is 5. The van der Waals surface area contributed by atoms with E-state index in [9.17, 15) is 5.11 Å². The molecule has 0 amide bonds. The molecule has 4 rings (SSSR count). The summed E-state index contributed by atoms with van der Waals surface area (Å²) in [5.41, 5.74) is 0.966. The Morgan fingerprint density at radius 1 is 1.46 bits per heavy atom. The third kappa shape index (κ3) is 2.79. The number of piperidine rings is 1. The molecule has 2 atom stereocenters. The van der Waals surface area contributed by atoms with Gasteiger partial charge >= 0.3 is 0 Å². The minimum atomic E-state index is -0.218. The Labute approximate surface area is 145 Å². The molecule has 2 unspecified atom stereocenters. The summed E-state index contributed by atoms with van der Waals surface area (Å²) in [6.45, 7) is 5.26. The number of thiophene rings is 1. The van der Waals surface area contributed by atoms with Crippen LogP contribution in [0.25, 0.3) is 11.4 Å². The number of likely N-dealkylation sites (tertiary alicyclic amines) is 1. The molecule has 2 aromatic rings. The van der Waals surface area contributed by atoms with Crippen LogP contribution in [0.5, 0.6) is 0 Å². The van der Waals surface area contributed by atoms with E-state index in [1.807, 2.05) is 23.8 Å². The van der Waals surface area contributed by atoms with Gasteiger partial charge in [-0.3, -0.25) is 4.90 Å². The second-order valence-electron chi connectivity index (χ2n) is 6.73. The van der Waals surface area contributed by atoms with Crippen molar-refractivity contribution in [2.24, 2.45) is 5.41 Å². The summed E-state index contributed by atoms with van der Waals surface area (Å²) in [5, 5.41) is 18.4. The second-order valence-corrected chi connectivity index (χ2v) is 7.51. The van der Waals surface area contributed by atoms with Crippen LogP contribution in [-0.2, 0) is 11.3 Å². The van der Waals surface area contributed by atoms with Gasteiger partial charge in [-0.2, -0.15) is 16.3 Å². The summed E-state index contributed by atoms with van der Waals surface area (Å²) in [6.07, 6.45) is 2.70. The molecule has 1 saturated carbocycles. The van der Waals surface area contributed by atoms with E-state index in [4.69, 9.17) is 9.26 Å². The quantitative estimate of drug-likeness (QED) is 0.894. The predicted molar refractivity (Wildman–Crippen MR) is 90.6 cm³/mol. The second kappa shape index (κ2) is 6.55. The summed E-state index contributed by atoms with van der Waals surface area (Å²) in [6, 6.07) is 2.00. The summed E-state index contributed by atoms with van der Waals surface area (Å²) in [4.78, 5) is 6.81. The number of aliphatic hydroxyl groups excluding tert-OH is 1. The van der Waals surface area contributed by atoms with E-state index in [1.165, 1.54) is 0 Å². The molecular formula is C17H23N3O3S. The molecule has 24 heavy (non-hydrogen) atoms. The third-order valence-electron chi connectivity index (χ3n) is 5.50. The Hall–Kier alpha value is -1.28. The first-order valence-electron chi connectivity index (χ1n) is 8.58. The van der Waals surface area contributed by atoms with Gasteiger partial charge in [0.1, 0.15) is 0 Å². The molecule has 2 aliphatic rings. The van der Waals surface area contributed by atoms with Crippen molar-refractivity contribution < 1.29 is 14.4 Å². The van der Waals surface area contributed by atoms with Gasteiger partial charge in [0.25, 0.3) is 0 Å². The molecule has 0 radical (unpaired) electrons. The Balaban J connectivity index is 1.35. The molecule has 1 N–H and O–H groups in total. The first kappa shape index (κ1) is 16.2. The number of aromatic nitrogens is 2. The van der Waals surface area contributed by atoms with Gasteiger partial charge in [-0.1, -0.05) is 5.16 Å². The number of hydrogen-bond acceptors (Lipinski definition) is 7. The van der Waals surface area contributed by atoms with Crippen molar-refractivity contribution in [3.8, 4) is 11.4 Å². The van der Waals surface area contributed by atoms with E-state index in [-0.39, 0.29) is 17.6 Å². The highest BCUT2D eigenvalue weighted by atomic mass is 32.1. The van der Waals surface area contributed by atoms with Gasteiger partial charge in [0.15, 0.2) is 0 Å². The van der Waals surface area contributed by atoms with Crippen LogP contribution in [0.1, 0.15) is 32.1 Å². The van der Waals surface area contributed by atoms with Crippen molar-refractivity contribution in [2.75, 3.05) is 19.7 Å². The fourth-order valence-electron chi connectivity index (χ4n) is 3.96. The molecule has 0 aromatic carbocycles. The normalized spacial score (nSPS) is 26.6. The zero-order valence-electron chi connectivity index (χ0n) is 13.9. The Morgan fingerprint density at radius 3 is 2.96 bits per heavy atom. The summed E-state index contributed by atoms with van der Waals surface area (Å²) < 4.78 is 11.2. The van der Waals surface area contributed by atoms with Gasteiger partial charge in [0.2, 0.25) is 11.7 Å². The third-order valence-corrected chi connectivity index (χ3v) is 6.19. The average Bonchev–Trinajstić information content (AvgIpc) is 3.27. The van der Waals surface area contributed by atoms with Gasteiger partial charge in [0, 0.05) is 29.4 Å². The number of nitrogens with zero attached hydrogens (tertiary/aromatic N) is 3. The number of aliphatic hydroxyl groups is 1. The smallest absolute Gasteiger partial charge is 0.241 e. The van der Waals surface area contributed by atoms with Crippen LogP contribution in [0.15, 0.2) is 21.3 Å². The van der Waals surface area contributed by atoms with Crippen LogP contribution in [-0.4, -0.2) is 52.1 Å². The number of hydrogen-bond donors (Lipinski definition) is 1. The van der Waals surface area contributed by atoms with Crippen molar-refractivity contribution in [1.29, 1.82) is 0 Å². The molecule has 130 valence electrons. The molecular weight excluding hydrogens is 326 g/mol. The molecule has 2 fully saturated rings. The van der Waals surface area contributed by atoms with Crippen molar-refractivity contribution in [3.05, 3.63) is 22.7 Å². The van der Waals surface area contributed by atoms with Crippen LogP contribution in [0.3, 0.4) is 0 Å². The lowest BCUT2D eigenvalue weighted by Gasteiger charge is -2.56. The average molecular weight is 349 g/mol. The van der Waals surface area contributed by atoms with E-state index in [1.54, 1.807) is 11.3 Å². The Morgan fingerprint density at radius 2 is 2.29 bits per heavy atom. The molecule has 2 aromatic heterocycles. The highest BCUT2D eigenvalue weighted by Crippen LogP contribution is 2.51. The molecule has 6 nitrogen and oxygen atoms in total. The van der Waals surface area contributed by atoms with E-state index < -0.39 is 0 Å². The van der Waals surface area contributed by atoms with Crippen LogP contribution in [0.2, 0.25) is 0 Å². The van der Waals surface area contributed by atoms with Gasteiger partial charge in [0.05, 0.1) is 18.8 Å². The Kier molecular flexibility index (Phi) is 4.42. The topological polar surface area (TPSA) is 71.6 Å². The van der Waals surface area contributed by atoms with Gasteiger partial charge in [-0.25, -0.2) is 0 Å². The maximum absolute atomic E-state index is 10.3. The predicted octanol–water partition coefficient (Wildman–Crippen LogP) is 2.55. The van der Waals surface area contributed by atoms with Gasteiger partial charge in [-0.05, 0) is 44.3 Å².